The molecule has 1 atom stereocenters. The van der Waals surface area contributed by atoms with E-state index in [9.17, 15) is 9.59 Å². The fourth-order valence-corrected chi connectivity index (χ4v) is 2.94. The molecule has 4 heteroatoms. The van der Waals surface area contributed by atoms with Crippen molar-refractivity contribution in [3.05, 3.63) is 29.3 Å². The number of unbranched alkanes of at least 4 members (excludes halogenated alkanes) is 3. The van der Waals surface area contributed by atoms with Crippen molar-refractivity contribution in [3.63, 3.8) is 0 Å². The first-order valence-electron chi connectivity index (χ1n) is 7.74. The largest absolute Gasteiger partial charge is 0.341 e. The Labute approximate surface area is 126 Å². The number of nitrogens with zero attached hydrogens (tertiary/aromatic N) is 1. The summed E-state index contributed by atoms with van der Waals surface area (Å²) in [6, 6.07) is 5.37. The number of aryl methyl sites for hydroxylation is 1. The normalized spacial score (nSPS) is 17.0. The maximum Gasteiger partial charge on any atom is 0.254 e. The predicted molar refractivity (Wildman–Crippen MR) is 84.2 cm³/mol. The molecule has 1 heterocycles. The Balaban J connectivity index is 2.22. The Morgan fingerprint density at radius 3 is 2.71 bits per heavy atom. The van der Waals surface area contributed by atoms with Gasteiger partial charge < -0.3 is 10.2 Å². The van der Waals surface area contributed by atoms with Gasteiger partial charge in [0, 0.05) is 19.0 Å². The van der Waals surface area contributed by atoms with Gasteiger partial charge >= 0.3 is 0 Å². The van der Waals surface area contributed by atoms with Crippen LogP contribution in [0, 0.1) is 6.92 Å². The second-order valence-corrected chi connectivity index (χ2v) is 5.70. The molecule has 2 rings (SSSR count). The van der Waals surface area contributed by atoms with Crippen LogP contribution in [0.15, 0.2) is 18.2 Å². The molecule has 114 valence electrons. The van der Waals surface area contributed by atoms with Gasteiger partial charge in [-0.05, 0) is 18.9 Å². The number of nitrogens with one attached hydrogen (secondary N) is 1. The standard InChI is InChI=1S/C17H24N2O2/c1-4-5-6-7-11-19-16-12(2)9-8-10-14(16)15(17(19)21)18-13(3)20/h8-10,15H,4-7,11H2,1-3H3,(H,18,20)/t15-/m0/s1. The topological polar surface area (TPSA) is 49.4 Å². The minimum Gasteiger partial charge on any atom is -0.341 e. The Morgan fingerprint density at radius 1 is 1.29 bits per heavy atom. The smallest absolute Gasteiger partial charge is 0.254 e. The molecule has 0 unspecified atom stereocenters. The third kappa shape index (κ3) is 3.26. The minimum absolute atomic E-state index is 0.00833. The molecule has 0 aromatic heterocycles. The van der Waals surface area contributed by atoms with Gasteiger partial charge in [0.1, 0.15) is 6.04 Å². The lowest BCUT2D eigenvalue weighted by molar-refractivity contribution is -0.126. The van der Waals surface area contributed by atoms with E-state index in [1.165, 1.54) is 19.8 Å². The molecule has 0 radical (unpaired) electrons. The number of benzene rings is 1. The summed E-state index contributed by atoms with van der Waals surface area (Å²) < 4.78 is 0. The van der Waals surface area contributed by atoms with Crippen molar-refractivity contribution in [3.8, 4) is 0 Å². The Morgan fingerprint density at radius 2 is 2.05 bits per heavy atom. The highest BCUT2D eigenvalue weighted by Gasteiger charge is 2.38. The fourth-order valence-electron chi connectivity index (χ4n) is 2.94. The highest BCUT2D eigenvalue weighted by Crippen LogP contribution is 2.38. The van der Waals surface area contributed by atoms with E-state index in [1.807, 2.05) is 30.0 Å². The van der Waals surface area contributed by atoms with Crippen molar-refractivity contribution in [1.29, 1.82) is 0 Å². The lowest BCUT2D eigenvalue weighted by atomic mass is 10.1. The summed E-state index contributed by atoms with van der Waals surface area (Å²) in [6.07, 6.45) is 4.50. The van der Waals surface area contributed by atoms with Gasteiger partial charge in [-0.2, -0.15) is 0 Å². The molecule has 1 aliphatic rings. The van der Waals surface area contributed by atoms with Crippen molar-refractivity contribution in [2.75, 3.05) is 11.4 Å². The van der Waals surface area contributed by atoms with E-state index in [-0.39, 0.29) is 11.8 Å². The molecule has 0 bridgehead atoms. The third-order valence-electron chi connectivity index (χ3n) is 3.95. The number of anilines is 1. The molecule has 1 aromatic carbocycles. The van der Waals surface area contributed by atoms with Crippen LogP contribution >= 0.6 is 0 Å². The molecule has 4 nitrogen and oxygen atoms in total. The Kier molecular flexibility index (Phi) is 4.99. The van der Waals surface area contributed by atoms with Gasteiger partial charge in [0.05, 0.1) is 5.69 Å². The second-order valence-electron chi connectivity index (χ2n) is 5.70. The lowest BCUT2D eigenvalue weighted by Gasteiger charge is -2.19. The van der Waals surface area contributed by atoms with E-state index in [0.717, 1.165) is 36.2 Å². The summed E-state index contributed by atoms with van der Waals surface area (Å²) in [6.45, 7) is 6.37. The first-order chi connectivity index (χ1) is 10.1. The van der Waals surface area contributed by atoms with Gasteiger partial charge in [-0.15, -0.1) is 0 Å². The number of hydrogen-bond acceptors (Lipinski definition) is 2. The molecular weight excluding hydrogens is 264 g/mol. The van der Waals surface area contributed by atoms with E-state index in [1.54, 1.807) is 0 Å². The first-order valence-corrected chi connectivity index (χ1v) is 7.74. The Hall–Kier alpha value is -1.84. The van der Waals surface area contributed by atoms with Crippen LogP contribution in [0.5, 0.6) is 0 Å². The number of carbonyl (C=O) groups excluding carboxylic acids is 2. The molecule has 1 aliphatic heterocycles. The van der Waals surface area contributed by atoms with Crippen molar-refractivity contribution in [1.82, 2.24) is 5.32 Å². The van der Waals surface area contributed by atoms with Crippen LogP contribution < -0.4 is 10.2 Å². The summed E-state index contributed by atoms with van der Waals surface area (Å²) >= 11 is 0. The summed E-state index contributed by atoms with van der Waals surface area (Å²) in [5, 5.41) is 2.78. The number of para-hydroxylation sites is 1. The lowest BCUT2D eigenvalue weighted by Crippen LogP contribution is -2.37. The van der Waals surface area contributed by atoms with Crippen LogP contribution in [-0.2, 0) is 9.59 Å². The monoisotopic (exact) mass is 288 g/mol. The summed E-state index contributed by atoms with van der Waals surface area (Å²) in [5.74, 6) is -0.181. The molecule has 0 saturated heterocycles. The average Bonchev–Trinajstić information content (AvgIpc) is 2.70. The fraction of sp³-hybridized carbons (Fsp3) is 0.529. The Bertz CT molecular complexity index is 540. The van der Waals surface area contributed by atoms with Gasteiger partial charge in [-0.3, -0.25) is 9.59 Å². The number of hydrogen-bond donors (Lipinski definition) is 1. The van der Waals surface area contributed by atoms with Crippen LogP contribution in [0.2, 0.25) is 0 Å². The quantitative estimate of drug-likeness (QED) is 0.818. The minimum atomic E-state index is -0.524. The maximum atomic E-state index is 12.6. The van der Waals surface area contributed by atoms with E-state index in [2.05, 4.69) is 12.2 Å². The molecule has 0 aliphatic carbocycles. The average molecular weight is 288 g/mol. The summed E-state index contributed by atoms with van der Waals surface area (Å²) in [7, 11) is 0. The molecule has 21 heavy (non-hydrogen) atoms. The molecule has 1 aromatic rings. The number of carbonyl (C=O) groups is 2. The summed E-state index contributed by atoms with van der Waals surface area (Å²) in [5.41, 5.74) is 2.99. The zero-order valence-electron chi connectivity index (χ0n) is 13.1. The molecule has 0 fully saturated rings. The van der Waals surface area contributed by atoms with Gasteiger partial charge in [-0.25, -0.2) is 0 Å². The number of amides is 2. The molecule has 2 amide bonds. The predicted octanol–water partition coefficient (Wildman–Crippen LogP) is 3.10. The van der Waals surface area contributed by atoms with Crippen LogP contribution in [0.1, 0.15) is 56.7 Å². The molecule has 0 saturated carbocycles. The van der Waals surface area contributed by atoms with E-state index >= 15 is 0 Å². The third-order valence-corrected chi connectivity index (χ3v) is 3.95. The van der Waals surface area contributed by atoms with E-state index < -0.39 is 6.04 Å². The van der Waals surface area contributed by atoms with Gasteiger partial charge in [0.15, 0.2) is 0 Å². The van der Waals surface area contributed by atoms with Gasteiger partial charge in [0.2, 0.25) is 5.91 Å². The maximum absolute atomic E-state index is 12.6. The molecule has 1 N–H and O–H groups in total. The highest BCUT2D eigenvalue weighted by atomic mass is 16.2. The van der Waals surface area contributed by atoms with Crippen molar-refractivity contribution < 1.29 is 9.59 Å². The van der Waals surface area contributed by atoms with Crippen molar-refractivity contribution in [2.45, 2.75) is 52.5 Å². The van der Waals surface area contributed by atoms with Crippen LogP contribution in [-0.4, -0.2) is 18.4 Å². The van der Waals surface area contributed by atoms with Crippen molar-refractivity contribution >= 4 is 17.5 Å². The molecule has 0 spiro atoms. The van der Waals surface area contributed by atoms with E-state index in [4.69, 9.17) is 0 Å². The van der Waals surface area contributed by atoms with Gasteiger partial charge in [0.25, 0.3) is 5.91 Å². The van der Waals surface area contributed by atoms with Crippen LogP contribution in [0.25, 0.3) is 0 Å². The number of fused-ring (bicyclic) bond motifs is 1. The first kappa shape index (κ1) is 15.5. The highest BCUT2D eigenvalue weighted by molar-refractivity contribution is 6.06. The van der Waals surface area contributed by atoms with Crippen molar-refractivity contribution in [2.24, 2.45) is 0 Å². The zero-order chi connectivity index (χ0) is 15.4. The number of rotatable bonds is 6. The van der Waals surface area contributed by atoms with Crippen LogP contribution in [0.3, 0.4) is 0 Å². The SMILES string of the molecule is CCCCCCN1C(=O)[C@@H](NC(C)=O)c2cccc(C)c21. The second kappa shape index (κ2) is 6.74. The van der Waals surface area contributed by atoms with Crippen LogP contribution in [0.4, 0.5) is 5.69 Å². The molecular formula is C17H24N2O2. The van der Waals surface area contributed by atoms with E-state index in [0.29, 0.717) is 0 Å². The van der Waals surface area contributed by atoms with Gasteiger partial charge in [-0.1, -0.05) is 44.4 Å². The summed E-state index contributed by atoms with van der Waals surface area (Å²) in [4.78, 5) is 25.8. The zero-order valence-corrected chi connectivity index (χ0v) is 13.1.